The second kappa shape index (κ2) is 6.12. The molecule has 0 bridgehead atoms. The van der Waals surface area contributed by atoms with Gasteiger partial charge in [-0.2, -0.15) is 0 Å². The first-order chi connectivity index (χ1) is 12.5. The number of anilines is 1. The van der Waals surface area contributed by atoms with Gasteiger partial charge in [-0.25, -0.2) is 4.39 Å². The van der Waals surface area contributed by atoms with Gasteiger partial charge in [-0.05, 0) is 56.5 Å². The molecule has 26 heavy (non-hydrogen) atoms. The van der Waals surface area contributed by atoms with Crippen LogP contribution in [0, 0.1) is 19.7 Å². The lowest BCUT2D eigenvalue weighted by atomic mass is 10.0. The van der Waals surface area contributed by atoms with E-state index in [0.29, 0.717) is 28.1 Å². The predicted molar refractivity (Wildman–Crippen MR) is 98.3 cm³/mol. The van der Waals surface area contributed by atoms with Crippen molar-refractivity contribution in [3.63, 3.8) is 0 Å². The number of hydrogen-bond donors (Lipinski definition) is 2. The van der Waals surface area contributed by atoms with Crippen LogP contribution in [0.2, 0.25) is 0 Å². The molecule has 0 aliphatic carbocycles. The van der Waals surface area contributed by atoms with Gasteiger partial charge in [-0.1, -0.05) is 0 Å². The van der Waals surface area contributed by atoms with E-state index in [9.17, 15) is 14.0 Å². The van der Waals surface area contributed by atoms with Gasteiger partial charge in [0.05, 0.1) is 11.1 Å². The Hall–Kier alpha value is -2.89. The van der Waals surface area contributed by atoms with Gasteiger partial charge >= 0.3 is 0 Å². The van der Waals surface area contributed by atoms with Crippen LogP contribution in [-0.2, 0) is 4.79 Å². The normalized spacial score (nSPS) is 17.7. The van der Waals surface area contributed by atoms with E-state index < -0.39 is 5.82 Å². The third kappa shape index (κ3) is 2.62. The Labute approximate surface area is 150 Å². The lowest BCUT2D eigenvalue weighted by Gasteiger charge is -2.15. The molecule has 0 atom stereocenters. The second-order valence-electron chi connectivity index (χ2n) is 6.87. The molecule has 0 spiro atoms. The Balaban J connectivity index is 1.75. The van der Waals surface area contributed by atoms with Gasteiger partial charge in [0.25, 0.3) is 11.8 Å². The van der Waals surface area contributed by atoms with Crippen LogP contribution < -0.4 is 5.32 Å². The number of aromatic amines is 1. The fourth-order valence-electron chi connectivity index (χ4n) is 3.77. The zero-order valence-electron chi connectivity index (χ0n) is 14.8. The average molecular weight is 353 g/mol. The Morgan fingerprint density at radius 1 is 1.23 bits per heavy atom. The van der Waals surface area contributed by atoms with Crippen LogP contribution >= 0.6 is 0 Å². The Kier molecular flexibility index (Phi) is 3.90. The van der Waals surface area contributed by atoms with Gasteiger partial charge in [0.1, 0.15) is 5.82 Å². The summed E-state index contributed by atoms with van der Waals surface area (Å²) in [5, 5.41) is 2.74. The van der Waals surface area contributed by atoms with Crippen LogP contribution in [0.1, 0.15) is 45.7 Å². The van der Waals surface area contributed by atoms with Crippen LogP contribution in [0.15, 0.2) is 18.2 Å². The molecule has 0 saturated carbocycles. The number of H-pyrrole nitrogens is 1. The molecule has 1 saturated heterocycles. The summed E-state index contributed by atoms with van der Waals surface area (Å²) >= 11 is 0. The van der Waals surface area contributed by atoms with Gasteiger partial charge in [-0.3, -0.25) is 9.59 Å². The number of fused-ring (bicyclic) bond motifs is 1. The van der Waals surface area contributed by atoms with E-state index in [-0.39, 0.29) is 11.8 Å². The summed E-state index contributed by atoms with van der Waals surface area (Å²) in [6.07, 6.45) is 3.77. The Morgan fingerprint density at radius 2 is 1.96 bits per heavy atom. The molecule has 2 amide bonds. The SMILES string of the molecule is Cc1[nH]c(/C=C2/C(=O)Nc3ccc(F)cc32)c(C)c1C(=O)N1CCCC1. The Bertz CT molecular complexity index is 952. The number of nitrogens with zero attached hydrogens (tertiary/aromatic N) is 1. The van der Waals surface area contributed by atoms with E-state index in [1.807, 2.05) is 18.7 Å². The van der Waals surface area contributed by atoms with Crippen molar-refractivity contribution in [2.45, 2.75) is 26.7 Å². The zero-order chi connectivity index (χ0) is 18.4. The van der Waals surface area contributed by atoms with Crippen molar-refractivity contribution in [2.75, 3.05) is 18.4 Å². The van der Waals surface area contributed by atoms with Crippen molar-refractivity contribution in [2.24, 2.45) is 0 Å². The maximum Gasteiger partial charge on any atom is 0.256 e. The van der Waals surface area contributed by atoms with Crippen molar-refractivity contribution in [1.82, 2.24) is 9.88 Å². The summed E-state index contributed by atoms with van der Waals surface area (Å²) in [5.74, 6) is -0.638. The molecular formula is C20H20FN3O2. The van der Waals surface area contributed by atoms with E-state index in [2.05, 4.69) is 10.3 Å². The summed E-state index contributed by atoms with van der Waals surface area (Å²) < 4.78 is 13.6. The summed E-state index contributed by atoms with van der Waals surface area (Å²) in [6, 6.07) is 4.22. The average Bonchev–Trinajstić information content (AvgIpc) is 3.29. The number of aromatic nitrogens is 1. The number of carbonyl (C=O) groups excluding carboxylic acids is 2. The minimum atomic E-state index is -0.393. The van der Waals surface area contributed by atoms with Gasteiger partial charge in [0.15, 0.2) is 0 Å². The number of likely N-dealkylation sites (tertiary alicyclic amines) is 1. The first-order valence-electron chi connectivity index (χ1n) is 8.77. The van der Waals surface area contributed by atoms with E-state index in [1.54, 1.807) is 12.1 Å². The lowest BCUT2D eigenvalue weighted by Crippen LogP contribution is -2.28. The number of amides is 2. The summed E-state index contributed by atoms with van der Waals surface area (Å²) in [4.78, 5) is 30.2. The number of carbonyl (C=O) groups is 2. The highest BCUT2D eigenvalue weighted by Gasteiger charge is 2.27. The van der Waals surface area contributed by atoms with Crippen LogP contribution in [0.4, 0.5) is 10.1 Å². The molecule has 1 aromatic heterocycles. The van der Waals surface area contributed by atoms with Crippen LogP contribution in [0.3, 0.4) is 0 Å². The standard InChI is InChI=1S/C20H20FN3O2/c1-11-17(22-12(2)18(11)20(26)24-7-3-4-8-24)10-15-14-9-13(21)5-6-16(14)23-19(15)25/h5-6,9-10,22H,3-4,7-8H2,1-2H3,(H,23,25)/b15-10+. The van der Waals surface area contributed by atoms with Crippen molar-refractivity contribution in [1.29, 1.82) is 0 Å². The summed E-state index contributed by atoms with van der Waals surface area (Å²) in [5.41, 5.74) is 4.48. The van der Waals surface area contributed by atoms with Gasteiger partial charge in [-0.15, -0.1) is 0 Å². The molecule has 134 valence electrons. The number of halogens is 1. The maximum atomic E-state index is 13.6. The molecule has 2 aromatic rings. The smallest absolute Gasteiger partial charge is 0.256 e. The third-order valence-corrected chi connectivity index (χ3v) is 5.14. The first-order valence-corrected chi connectivity index (χ1v) is 8.77. The molecule has 2 aliphatic heterocycles. The molecule has 2 aliphatic rings. The highest BCUT2D eigenvalue weighted by atomic mass is 19.1. The molecule has 5 nitrogen and oxygen atoms in total. The summed E-state index contributed by atoms with van der Waals surface area (Å²) in [7, 11) is 0. The number of hydrogen-bond acceptors (Lipinski definition) is 2. The fourth-order valence-corrected chi connectivity index (χ4v) is 3.77. The predicted octanol–water partition coefficient (Wildman–Crippen LogP) is 3.50. The fraction of sp³-hybridized carbons (Fsp3) is 0.300. The van der Waals surface area contributed by atoms with Crippen LogP contribution in [0.25, 0.3) is 11.6 Å². The number of nitrogens with one attached hydrogen (secondary N) is 2. The minimum Gasteiger partial charge on any atom is -0.358 e. The van der Waals surface area contributed by atoms with E-state index >= 15 is 0 Å². The van der Waals surface area contributed by atoms with Crippen LogP contribution in [0.5, 0.6) is 0 Å². The van der Waals surface area contributed by atoms with Crippen molar-refractivity contribution in [3.05, 3.63) is 52.1 Å². The van der Waals surface area contributed by atoms with Crippen molar-refractivity contribution in [3.8, 4) is 0 Å². The van der Waals surface area contributed by atoms with E-state index in [1.165, 1.54) is 12.1 Å². The molecule has 1 aromatic carbocycles. The molecule has 6 heteroatoms. The molecule has 2 N–H and O–H groups in total. The largest absolute Gasteiger partial charge is 0.358 e. The molecular weight excluding hydrogens is 333 g/mol. The minimum absolute atomic E-state index is 0.0284. The molecule has 4 rings (SSSR count). The number of aryl methyl sites for hydroxylation is 1. The molecule has 3 heterocycles. The maximum absolute atomic E-state index is 13.6. The monoisotopic (exact) mass is 353 g/mol. The summed E-state index contributed by atoms with van der Waals surface area (Å²) in [6.45, 7) is 5.31. The third-order valence-electron chi connectivity index (χ3n) is 5.14. The molecule has 0 unspecified atom stereocenters. The van der Waals surface area contributed by atoms with Crippen molar-refractivity contribution >= 4 is 29.2 Å². The van der Waals surface area contributed by atoms with Gasteiger partial charge in [0.2, 0.25) is 0 Å². The van der Waals surface area contributed by atoms with Crippen LogP contribution in [-0.4, -0.2) is 34.8 Å². The number of benzene rings is 1. The van der Waals surface area contributed by atoms with E-state index in [0.717, 1.165) is 37.2 Å². The first kappa shape index (κ1) is 16.6. The second-order valence-corrected chi connectivity index (χ2v) is 6.87. The quantitative estimate of drug-likeness (QED) is 0.812. The zero-order valence-corrected chi connectivity index (χ0v) is 14.8. The van der Waals surface area contributed by atoms with E-state index in [4.69, 9.17) is 0 Å². The topological polar surface area (TPSA) is 65.2 Å². The lowest BCUT2D eigenvalue weighted by molar-refractivity contribution is -0.110. The molecule has 1 fully saturated rings. The van der Waals surface area contributed by atoms with Crippen molar-refractivity contribution < 1.29 is 14.0 Å². The Morgan fingerprint density at radius 3 is 2.69 bits per heavy atom. The van der Waals surface area contributed by atoms with Gasteiger partial charge < -0.3 is 15.2 Å². The molecule has 0 radical (unpaired) electrons. The van der Waals surface area contributed by atoms with Gasteiger partial charge in [0, 0.05) is 35.7 Å². The highest BCUT2D eigenvalue weighted by Crippen LogP contribution is 2.34. The highest BCUT2D eigenvalue weighted by molar-refractivity contribution is 6.34. The number of rotatable bonds is 2.